The van der Waals surface area contributed by atoms with Crippen LogP contribution in [0.15, 0.2) is 0 Å². The molecule has 1 rings (SSSR count). The van der Waals surface area contributed by atoms with E-state index in [4.69, 9.17) is 14.9 Å². The van der Waals surface area contributed by atoms with E-state index < -0.39 is 31.1 Å². The second-order valence-electron chi connectivity index (χ2n) is 4.59. The minimum Gasteiger partial charge on any atom is -0.480 e. The van der Waals surface area contributed by atoms with E-state index in [2.05, 4.69) is 0 Å². The highest BCUT2D eigenvalue weighted by molar-refractivity contribution is 5.84. The lowest BCUT2D eigenvalue weighted by Gasteiger charge is -2.37. The fourth-order valence-electron chi connectivity index (χ4n) is 2.05. The van der Waals surface area contributed by atoms with Gasteiger partial charge in [-0.05, 0) is 13.8 Å². The highest BCUT2D eigenvalue weighted by Gasteiger charge is 2.30. The van der Waals surface area contributed by atoms with Crippen molar-refractivity contribution in [3.8, 4) is 0 Å². The van der Waals surface area contributed by atoms with E-state index in [1.165, 1.54) is 4.90 Å². The SMILES string of the molecule is C[C@@H]1CN(C(=O)N(CC(=O)O)CC(=O)O)C[C@H](C)O1. The van der Waals surface area contributed by atoms with Crippen LogP contribution in [0.2, 0.25) is 0 Å². The Hall–Kier alpha value is -1.83. The summed E-state index contributed by atoms with van der Waals surface area (Å²) in [6.07, 6.45) is -0.326. The molecule has 8 nitrogen and oxygen atoms in total. The lowest BCUT2D eigenvalue weighted by atomic mass is 10.2. The third-order valence-electron chi connectivity index (χ3n) is 2.61. The number of nitrogens with zero attached hydrogens (tertiary/aromatic N) is 2. The summed E-state index contributed by atoms with van der Waals surface area (Å²) < 4.78 is 5.46. The number of amides is 2. The van der Waals surface area contributed by atoms with Crippen LogP contribution in [0, 0.1) is 0 Å². The fraction of sp³-hybridized carbons (Fsp3) is 0.727. The average molecular weight is 274 g/mol. The van der Waals surface area contributed by atoms with Gasteiger partial charge in [0.2, 0.25) is 0 Å². The number of ether oxygens (including phenoxy) is 1. The van der Waals surface area contributed by atoms with Crippen LogP contribution in [0.25, 0.3) is 0 Å². The van der Waals surface area contributed by atoms with E-state index in [0.29, 0.717) is 13.1 Å². The molecule has 19 heavy (non-hydrogen) atoms. The van der Waals surface area contributed by atoms with Gasteiger partial charge in [-0.1, -0.05) is 0 Å². The molecule has 0 aromatic rings. The first-order valence-electron chi connectivity index (χ1n) is 5.92. The van der Waals surface area contributed by atoms with Crippen molar-refractivity contribution < 1.29 is 29.3 Å². The molecule has 1 heterocycles. The fourth-order valence-corrected chi connectivity index (χ4v) is 2.05. The molecule has 1 aliphatic heterocycles. The van der Waals surface area contributed by atoms with Gasteiger partial charge in [-0.2, -0.15) is 0 Å². The zero-order valence-corrected chi connectivity index (χ0v) is 10.9. The number of urea groups is 1. The highest BCUT2D eigenvalue weighted by Crippen LogP contribution is 2.12. The van der Waals surface area contributed by atoms with E-state index in [0.717, 1.165) is 4.90 Å². The Kier molecular flexibility index (Phi) is 5.11. The maximum atomic E-state index is 12.1. The van der Waals surface area contributed by atoms with Crippen molar-refractivity contribution in [1.29, 1.82) is 0 Å². The Morgan fingerprint density at radius 3 is 1.89 bits per heavy atom. The Balaban J connectivity index is 2.74. The van der Waals surface area contributed by atoms with Crippen LogP contribution >= 0.6 is 0 Å². The molecule has 0 spiro atoms. The second kappa shape index (κ2) is 6.37. The number of hydrogen-bond acceptors (Lipinski definition) is 4. The summed E-state index contributed by atoms with van der Waals surface area (Å²) in [5.74, 6) is -2.49. The summed E-state index contributed by atoms with van der Waals surface area (Å²) in [6.45, 7) is 2.97. The van der Waals surface area contributed by atoms with Crippen molar-refractivity contribution in [2.24, 2.45) is 0 Å². The van der Waals surface area contributed by atoms with Crippen molar-refractivity contribution in [3.63, 3.8) is 0 Å². The predicted octanol–water partition coefficient (Wildman–Crippen LogP) is -0.313. The molecule has 0 unspecified atom stereocenters. The quantitative estimate of drug-likeness (QED) is 0.728. The van der Waals surface area contributed by atoms with Crippen LogP contribution < -0.4 is 0 Å². The standard InChI is InChI=1S/C11H18N2O6/c1-7-3-12(4-8(2)19-7)11(18)13(5-9(14)15)6-10(16)17/h7-8H,3-6H2,1-2H3,(H,14,15)(H,16,17)/t7-,8+. The van der Waals surface area contributed by atoms with E-state index in [1.54, 1.807) is 13.8 Å². The van der Waals surface area contributed by atoms with Crippen LogP contribution in [0.4, 0.5) is 4.79 Å². The molecule has 0 aromatic heterocycles. The van der Waals surface area contributed by atoms with Gasteiger partial charge in [0.1, 0.15) is 13.1 Å². The molecule has 1 aliphatic rings. The summed E-state index contributed by atoms with van der Waals surface area (Å²) >= 11 is 0. The van der Waals surface area contributed by atoms with Crippen LogP contribution in [0.1, 0.15) is 13.8 Å². The first-order valence-corrected chi connectivity index (χ1v) is 5.92. The minimum atomic E-state index is -1.25. The van der Waals surface area contributed by atoms with E-state index in [1.807, 2.05) is 0 Å². The molecule has 0 saturated carbocycles. The number of carboxylic acid groups (broad SMARTS) is 2. The first-order chi connectivity index (χ1) is 8.79. The van der Waals surface area contributed by atoms with Crippen molar-refractivity contribution in [3.05, 3.63) is 0 Å². The molecule has 1 saturated heterocycles. The van der Waals surface area contributed by atoms with Gasteiger partial charge in [0.05, 0.1) is 12.2 Å². The number of carboxylic acids is 2. The third kappa shape index (κ3) is 4.74. The van der Waals surface area contributed by atoms with Crippen LogP contribution in [-0.2, 0) is 14.3 Å². The summed E-state index contributed by atoms with van der Waals surface area (Å²) in [6, 6.07) is -0.591. The summed E-state index contributed by atoms with van der Waals surface area (Å²) in [4.78, 5) is 35.7. The minimum absolute atomic E-state index is 0.163. The molecule has 2 atom stereocenters. The molecule has 2 N–H and O–H groups in total. The number of rotatable bonds is 4. The molecule has 0 aromatic carbocycles. The number of morpholine rings is 1. The Morgan fingerprint density at radius 1 is 1.11 bits per heavy atom. The molecule has 1 fully saturated rings. The van der Waals surface area contributed by atoms with Crippen molar-refractivity contribution in [2.75, 3.05) is 26.2 Å². The summed E-state index contributed by atoms with van der Waals surface area (Å²) in [5, 5.41) is 17.4. The number of carbonyl (C=O) groups excluding carboxylic acids is 1. The van der Waals surface area contributed by atoms with Crippen LogP contribution in [0.5, 0.6) is 0 Å². The molecule has 8 heteroatoms. The maximum absolute atomic E-state index is 12.1. The van der Waals surface area contributed by atoms with Crippen LogP contribution in [-0.4, -0.2) is 76.4 Å². The van der Waals surface area contributed by atoms with E-state index in [-0.39, 0.29) is 12.2 Å². The molecule has 0 bridgehead atoms. The summed E-state index contributed by atoms with van der Waals surface area (Å²) in [5.41, 5.74) is 0. The lowest BCUT2D eigenvalue weighted by molar-refractivity contribution is -0.141. The normalized spacial score (nSPS) is 22.9. The molecule has 0 radical (unpaired) electrons. The van der Waals surface area contributed by atoms with Gasteiger partial charge >= 0.3 is 18.0 Å². The highest BCUT2D eigenvalue weighted by atomic mass is 16.5. The smallest absolute Gasteiger partial charge is 0.323 e. The Bertz CT molecular complexity index is 346. The van der Waals surface area contributed by atoms with E-state index >= 15 is 0 Å². The number of carbonyl (C=O) groups is 3. The largest absolute Gasteiger partial charge is 0.480 e. The topological polar surface area (TPSA) is 107 Å². The van der Waals surface area contributed by atoms with Gasteiger partial charge < -0.3 is 24.7 Å². The van der Waals surface area contributed by atoms with Gasteiger partial charge in [-0.15, -0.1) is 0 Å². The maximum Gasteiger partial charge on any atom is 0.323 e. The zero-order valence-electron chi connectivity index (χ0n) is 10.9. The number of aliphatic carboxylic acids is 2. The Labute approximate surface area is 110 Å². The van der Waals surface area contributed by atoms with Gasteiger partial charge in [0.25, 0.3) is 0 Å². The molecular weight excluding hydrogens is 256 g/mol. The van der Waals surface area contributed by atoms with E-state index in [9.17, 15) is 14.4 Å². The second-order valence-corrected chi connectivity index (χ2v) is 4.59. The average Bonchev–Trinajstić information content (AvgIpc) is 2.24. The first kappa shape index (κ1) is 15.2. The molecular formula is C11H18N2O6. The molecule has 2 amide bonds. The van der Waals surface area contributed by atoms with Gasteiger partial charge in [-0.25, -0.2) is 4.79 Å². The van der Waals surface area contributed by atoms with Gasteiger partial charge in [-0.3, -0.25) is 9.59 Å². The zero-order chi connectivity index (χ0) is 14.6. The van der Waals surface area contributed by atoms with Crippen molar-refractivity contribution in [1.82, 2.24) is 9.80 Å². The van der Waals surface area contributed by atoms with Crippen molar-refractivity contribution in [2.45, 2.75) is 26.1 Å². The van der Waals surface area contributed by atoms with Crippen molar-refractivity contribution >= 4 is 18.0 Å². The monoisotopic (exact) mass is 274 g/mol. The van der Waals surface area contributed by atoms with Crippen LogP contribution in [0.3, 0.4) is 0 Å². The molecule has 108 valence electrons. The molecule has 0 aliphatic carbocycles. The predicted molar refractivity (Wildman–Crippen MR) is 63.8 cm³/mol. The summed E-state index contributed by atoms with van der Waals surface area (Å²) in [7, 11) is 0. The van der Waals surface area contributed by atoms with Gasteiger partial charge in [0, 0.05) is 13.1 Å². The van der Waals surface area contributed by atoms with Gasteiger partial charge in [0.15, 0.2) is 0 Å². The third-order valence-corrected chi connectivity index (χ3v) is 2.61. The number of hydrogen-bond donors (Lipinski definition) is 2. The Morgan fingerprint density at radius 2 is 1.53 bits per heavy atom. The lowest BCUT2D eigenvalue weighted by Crippen LogP contribution is -2.54.